The van der Waals surface area contributed by atoms with Gasteiger partial charge in [0.05, 0.1) is 13.0 Å². The van der Waals surface area contributed by atoms with Gasteiger partial charge in [0, 0.05) is 0 Å². The van der Waals surface area contributed by atoms with Crippen LogP contribution in [0.1, 0.15) is 12.5 Å². The summed E-state index contributed by atoms with van der Waals surface area (Å²) in [4.78, 5) is 11.6. The summed E-state index contributed by atoms with van der Waals surface area (Å²) in [5.41, 5.74) is 3.21. The van der Waals surface area contributed by atoms with E-state index < -0.39 is 0 Å². The number of carbonyl (C=O) groups excluding carboxylic acids is 1. The van der Waals surface area contributed by atoms with Gasteiger partial charge in [-0.2, -0.15) is 0 Å². The average molecular weight is 240 g/mol. The van der Waals surface area contributed by atoms with Crippen LogP contribution < -0.4 is 0 Å². The zero-order chi connectivity index (χ0) is 12.8. The second-order valence-electron chi connectivity index (χ2n) is 4.00. The van der Waals surface area contributed by atoms with E-state index in [9.17, 15) is 4.79 Å². The Morgan fingerprint density at radius 3 is 2.39 bits per heavy atom. The monoisotopic (exact) mass is 240 g/mol. The summed E-state index contributed by atoms with van der Waals surface area (Å²) in [7, 11) is 0. The largest absolute Gasteiger partial charge is 0.466 e. The van der Waals surface area contributed by atoms with Crippen molar-refractivity contribution in [3.05, 3.63) is 60.2 Å². The number of hydrogen-bond acceptors (Lipinski definition) is 2. The number of ether oxygens (including phenoxy) is 1. The molecule has 18 heavy (non-hydrogen) atoms. The van der Waals surface area contributed by atoms with E-state index in [2.05, 4.69) is 0 Å². The van der Waals surface area contributed by atoms with E-state index in [-0.39, 0.29) is 5.97 Å². The van der Waals surface area contributed by atoms with Gasteiger partial charge in [-0.05, 0) is 23.6 Å². The van der Waals surface area contributed by atoms with Gasteiger partial charge in [-0.25, -0.2) is 0 Å². The summed E-state index contributed by atoms with van der Waals surface area (Å²) in [6.07, 6.45) is 0.318. The first kappa shape index (κ1) is 12.4. The van der Waals surface area contributed by atoms with Gasteiger partial charge in [0.25, 0.3) is 0 Å². The lowest BCUT2D eigenvalue weighted by Gasteiger charge is -2.09. The third kappa shape index (κ3) is 2.98. The predicted octanol–water partition coefficient (Wildman–Crippen LogP) is 3.46. The molecule has 0 aliphatic heterocycles. The average Bonchev–Trinajstić information content (AvgIpc) is 2.40. The summed E-state index contributed by atoms with van der Waals surface area (Å²) < 4.78 is 5.00. The summed E-state index contributed by atoms with van der Waals surface area (Å²) >= 11 is 0. The van der Waals surface area contributed by atoms with E-state index in [0.29, 0.717) is 13.0 Å². The van der Waals surface area contributed by atoms with Crippen molar-refractivity contribution < 1.29 is 9.53 Å². The van der Waals surface area contributed by atoms with E-state index in [1.807, 2.05) is 61.5 Å². The highest BCUT2D eigenvalue weighted by Gasteiger charge is 2.09. The molecule has 2 aromatic rings. The van der Waals surface area contributed by atoms with Crippen LogP contribution in [-0.2, 0) is 16.0 Å². The van der Waals surface area contributed by atoms with Gasteiger partial charge in [0.15, 0.2) is 0 Å². The van der Waals surface area contributed by atoms with Gasteiger partial charge in [0.2, 0.25) is 0 Å². The minimum absolute atomic E-state index is 0.180. The summed E-state index contributed by atoms with van der Waals surface area (Å²) in [6.45, 7) is 2.24. The van der Waals surface area contributed by atoms with E-state index in [1.165, 1.54) is 0 Å². The maximum absolute atomic E-state index is 11.6. The fourth-order valence-electron chi connectivity index (χ4n) is 1.94. The normalized spacial score (nSPS) is 10.1. The van der Waals surface area contributed by atoms with Gasteiger partial charge < -0.3 is 4.74 Å². The van der Waals surface area contributed by atoms with E-state index in [0.717, 1.165) is 16.7 Å². The van der Waals surface area contributed by atoms with Crippen molar-refractivity contribution in [3.63, 3.8) is 0 Å². The van der Waals surface area contributed by atoms with Crippen LogP contribution in [0.25, 0.3) is 11.1 Å². The Morgan fingerprint density at radius 2 is 1.67 bits per heavy atom. The molecule has 0 aliphatic carbocycles. The Kier molecular flexibility index (Phi) is 4.13. The molecular formula is C16H16O2. The molecule has 0 saturated heterocycles. The van der Waals surface area contributed by atoms with Gasteiger partial charge in [0.1, 0.15) is 0 Å². The molecule has 0 amide bonds. The van der Waals surface area contributed by atoms with Gasteiger partial charge in [-0.15, -0.1) is 0 Å². The Balaban J connectivity index is 2.29. The highest BCUT2D eigenvalue weighted by atomic mass is 16.5. The summed E-state index contributed by atoms with van der Waals surface area (Å²) in [5.74, 6) is -0.180. The summed E-state index contributed by atoms with van der Waals surface area (Å²) in [5, 5.41) is 0. The molecule has 2 rings (SSSR count). The number of esters is 1. The number of benzene rings is 2. The third-order valence-electron chi connectivity index (χ3n) is 2.74. The van der Waals surface area contributed by atoms with Gasteiger partial charge in [-0.1, -0.05) is 54.6 Å². The Hall–Kier alpha value is -2.09. The quantitative estimate of drug-likeness (QED) is 0.765. The third-order valence-corrected chi connectivity index (χ3v) is 2.74. The van der Waals surface area contributed by atoms with Crippen molar-refractivity contribution in [1.29, 1.82) is 0 Å². The summed E-state index contributed by atoms with van der Waals surface area (Å²) in [6, 6.07) is 18.0. The van der Waals surface area contributed by atoms with Crippen LogP contribution in [-0.4, -0.2) is 12.6 Å². The van der Waals surface area contributed by atoms with Gasteiger partial charge in [-0.3, -0.25) is 4.79 Å². The lowest BCUT2D eigenvalue weighted by molar-refractivity contribution is -0.142. The molecule has 0 aromatic heterocycles. The van der Waals surface area contributed by atoms with Crippen LogP contribution in [0.3, 0.4) is 0 Å². The first-order valence-corrected chi connectivity index (χ1v) is 6.10. The number of rotatable bonds is 4. The van der Waals surface area contributed by atoms with E-state index in [1.54, 1.807) is 0 Å². The predicted molar refractivity (Wildman–Crippen MR) is 72.2 cm³/mol. The molecule has 2 nitrogen and oxygen atoms in total. The van der Waals surface area contributed by atoms with Crippen LogP contribution in [0.5, 0.6) is 0 Å². The first-order valence-electron chi connectivity index (χ1n) is 6.10. The highest BCUT2D eigenvalue weighted by molar-refractivity contribution is 5.77. The number of hydrogen-bond donors (Lipinski definition) is 0. The minimum Gasteiger partial charge on any atom is -0.466 e. The topological polar surface area (TPSA) is 26.3 Å². The highest BCUT2D eigenvalue weighted by Crippen LogP contribution is 2.23. The molecule has 2 heteroatoms. The molecular weight excluding hydrogens is 224 g/mol. The van der Waals surface area contributed by atoms with E-state index >= 15 is 0 Å². The molecule has 0 atom stereocenters. The van der Waals surface area contributed by atoms with Crippen LogP contribution in [0.2, 0.25) is 0 Å². The second-order valence-corrected chi connectivity index (χ2v) is 4.00. The molecule has 0 unspecified atom stereocenters. The molecule has 0 saturated carbocycles. The van der Waals surface area contributed by atoms with Crippen LogP contribution >= 0.6 is 0 Å². The van der Waals surface area contributed by atoms with Crippen molar-refractivity contribution in [1.82, 2.24) is 0 Å². The molecule has 92 valence electrons. The van der Waals surface area contributed by atoms with Crippen molar-refractivity contribution in [2.75, 3.05) is 6.61 Å². The molecule has 0 spiro atoms. The smallest absolute Gasteiger partial charge is 0.310 e. The maximum atomic E-state index is 11.6. The Labute approximate surface area is 107 Å². The van der Waals surface area contributed by atoms with Crippen LogP contribution in [0, 0.1) is 0 Å². The molecule has 0 heterocycles. The van der Waals surface area contributed by atoms with Gasteiger partial charge >= 0.3 is 5.97 Å². The molecule has 0 radical (unpaired) electrons. The molecule has 0 fully saturated rings. The Bertz CT molecular complexity index is 518. The first-order chi connectivity index (χ1) is 8.81. The van der Waals surface area contributed by atoms with Crippen LogP contribution in [0.4, 0.5) is 0 Å². The van der Waals surface area contributed by atoms with Crippen molar-refractivity contribution in [3.8, 4) is 11.1 Å². The minimum atomic E-state index is -0.180. The molecule has 0 N–H and O–H groups in total. The molecule has 0 bridgehead atoms. The number of carbonyl (C=O) groups is 1. The molecule has 2 aromatic carbocycles. The second kappa shape index (κ2) is 6.01. The fraction of sp³-hybridized carbons (Fsp3) is 0.188. The van der Waals surface area contributed by atoms with Crippen molar-refractivity contribution >= 4 is 5.97 Å². The zero-order valence-electron chi connectivity index (χ0n) is 10.4. The van der Waals surface area contributed by atoms with E-state index in [4.69, 9.17) is 4.74 Å². The standard InChI is InChI=1S/C16H16O2/c1-2-18-16(17)12-14-10-6-7-11-15(14)13-8-4-3-5-9-13/h3-11H,2,12H2,1H3. The molecule has 0 aliphatic rings. The Morgan fingerprint density at radius 1 is 1.00 bits per heavy atom. The van der Waals surface area contributed by atoms with Crippen molar-refractivity contribution in [2.45, 2.75) is 13.3 Å². The van der Waals surface area contributed by atoms with Crippen LogP contribution in [0.15, 0.2) is 54.6 Å². The zero-order valence-corrected chi connectivity index (χ0v) is 10.4. The lowest BCUT2D eigenvalue weighted by atomic mass is 9.98. The lowest BCUT2D eigenvalue weighted by Crippen LogP contribution is -2.08. The van der Waals surface area contributed by atoms with Crippen molar-refractivity contribution in [2.24, 2.45) is 0 Å². The fourth-order valence-corrected chi connectivity index (χ4v) is 1.94. The SMILES string of the molecule is CCOC(=O)Cc1ccccc1-c1ccccc1. The maximum Gasteiger partial charge on any atom is 0.310 e.